The molecule has 19 heavy (non-hydrogen) atoms. The molecule has 0 aliphatic carbocycles. The Hall–Kier alpha value is -1.62. The first-order valence-electron chi connectivity index (χ1n) is 6.62. The third kappa shape index (κ3) is 3.04. The Balaban J connectivity index is 1.99. The van der Waals surface area contributed by atoms with Gasteiger partial charge in [0, 0.05) is 37.5 Å². The largest absolute Gasteiger partial charge is 0.391 e. The van der Waals surface area contributed by atoms with E-state index in [2.05, 4.69) is 5.10 Å². The maximum absolute atomic E-state index is 12.0. The summed E-state index contributed by atoms with van der Waals surface area (Å²) < 4.78 is 1.77. The van der Waals surface area contributed by atoms with E-state index < -0.39 is 6.10 Å². The first-order chi connectivity index (χ1) is 8.99. The maximum atomic E-state index is 12.0. The van der Waals surface area contributed by atoms with E-state index >= 15 is 0 Å². The molecule has 1 fully saturated rings. The topological polar surface area (TPSA) is 58.4 Å². The van der Waals surface area contributed by atoms with Gasteiger partial charge in [-0.15, -0.1) is 0 Å². The summed E-state index contributed by atoms with van der Waals surface area (Å²) in [5, 5.41) is 13.9. The SMILES string of the molecule is Cc1c(/C=C/C(=O)N2CCC(C)C(O)C2)cnn1C. The van der Waals surface area contributed by atoms with Gasteiger partial charge >= 0.3 is 0 Å². The van der Waals surface area contributed by atoms with Crippen LogP contribution in [0.4, 0.5) is 0 Å². The number of carbonyl (C=O) groups excluding carboxylic acids is 1. The predicted molar refractivity (Wildman–Crippen MR) is 73.3 cm³/mol. The third-order valence-electron chi connectivity index (χ3n) is 3.91. The van der Waals surface area contributed by atoms with Crippen molar-refractivity contribution in [1.82, 2.24) is 14.7 Å². The zero-order valence-electron chi connectivity index (χ0n) is 11.7. The second kappa shape index (κ2) is 5.57. The van der Waals surface area contributed by atoms with Gasteiger partial charge in [-0.1, -0.05) is 6.92 Å². The number of rotatable bonds is 2. The van der Waals surface area contributed by atoms with Crippen LogP contribution in [0.5, 0.6) is 0 Å². The van der Waals surface area contributed by atoms with Crippen molar-refractivity contribution < 1.29 is 9.90 Å². The molecule has 0 aromatic carbocycles. The molecule has 2 atom stereocenters. The summed E-state index contributed by atoms with van der Waals surface area (Å²) >= 11 is 0. The van der Waals surface area contributed by atoms with E-state index in [1.165, 1.54) is 0 Å². The fourth-order valence-electron chi connectivity index (χ4n) is 2.19. The van der Waals surface area contributed by atoms with Gasteiger partial charge in [0.15, 0.2) is 0 Å². The van der Waals surface area contributed by atoms with Gasteiger partial charge in [-0.05, 0) is 25.3 Å². The zero-order valence-corrected chi connectivity index (χ0v) is 11.7. The molecule has 1 saturated heterocycles. The minimum atomic E-state index is -0.411. The molecule has 0 spiro atoms. The lowest BCUT2D eigenvalue weighted by atomic mass is 9.96. The first-order valence-corrected chi connectivity index (χ1v) is 6.62. The second-order valence-corrected chi connectivity index (χ2v) is 5.26. The second-order valence-electron chi connectivity index (χ2n) is 5.26. The summed E-state index contributed by atoms with van der Waals surface area (Å²) in [6, 6.07) is 0. The number of β-amino-alcohol motifs (C(OH)–C–C–N with tert-alkyl or cyclic N) is 1. The fraction of sp³-hybridized carbons (Fsp3) is 0.571. The van der Waals surface area contributed by atoms with Crippen molar-refractivity contribution in [3.8, 4) is 0 Å². The fourth-order valence-corrected chi connectivity index (χ4v) is 2.19. The molecule has 2 unspecified atom stereocenters. The monoisotopic (exact) mass is 263 g/mol. The van der Waals surface area contributed by atoms with E-state index in [0.717, 1.165) is 17.7 Å². The standard InChI is InChI=1S/C14H21N3O2/c1-10-6-7-17(9-13(10)18)14(19)5-4-12-8-15-16(3)11(12)2/h4-5,8,10,13,18H,6-7,9H2,1-3H3/b5-4+. The van der Waals surface area contributed by atoms with Crippen LogP contribution < -0.4 is 0 Å². The van der Waals surface area contributed by atoms with Crippen molar-refractivity contribution in [3.05, 3.63) is 23.5 Å². The zero-order chi connectivity index (χ0) is 14.0. The number of hydrogen-bond acceptors (Lipinski definition) is 3. The summed E-state index contributed by atoms with van der Waals surface area (Å²) in [5.41, 5.74) is 1.97. The quantitative estimate of drug-likeness (QED) is 0.809. The van der Waals surface area contributed by atoms with Crippen molar-refractivity contribution in [3.63, 3.8) is 0 Å². The van der Waals surface area contributed by atoms with Crippen molar-refractivity contribution in [2.45, 2.75) is 26.4 Å². The van der Waals surface area contributed by atoms with Crippen LogP contribution in [0.2, 0.25) is 0 Å². The summed E-state index contributed by atoms with van der Waals surface area (Å²) in [6.07, 6.45) is 5.53. The Morgan fingerprint density at radius 2 is 2.32 bits per heavy atom. The average molecular weight is 263 g/mol. The number of aliphatic hydroxyl groups is 1. The Labute approximate surface area is 113 Å². The van der Waals surface area contributed by atoms with Gasteiger partial charge in [0.25, 0.3) is 0 Å². The Kier molecular flexibility index (Phi) is 4.04. The van der Waals surface area contributed by atoms with Crippen LogP contribution in [0.25, 0.3) is 6.08 Å². The number of carbonyl (C=O) groups is 1. The number of amides is 1. The molecule has 104 valence electrons. The molecule has 2 rings (SSSR count). The van der Waals surface area contributed by atoms with Crippen molar-refractivity contribution in [2.24, 2.45) is 13.0 Å². The van der Waals surface area contributed by atoms with Gasteiger partial charge < -0.3 is 10.0 Å². The van der Waals surface area contributed by atoms with Crippen LogP contribution in [0, 0.1) is 12.8 Å². The first kappa shape index (κ1) is 13.8. The van der Waals surface area contributed by atoms with Crippen LogP contribution in [0.15, 0.2) is 12.3 Å². The molecule has 2 heterocycles. The number of hydrogen-bond donors (Lipinski definition) is 1. The number of aromatic nitrogens is 2. The lowest BCUT2D eigenvalue weighted by Gasteiger charge is -2.33. The van der Waals surface area contributed by atoms with Crippen molar-refractivity contribution in [2.75, 3.05) is 13.1 Å². The van der Waals surface area contributed by atoms with E-state index in [9.17, 15) is 9.90 Å². The van der Waals surface area contributed by atoms with Gasteiger partial charge in [0.2, 0.25) is 5.91 Å². The van der Waals surface area contributed by atoms with Gasteiger partial charge in [0.1, 0.15) is 0 Å². The van der Waals surface area contributed by atoms with Crippen LogP contribution in [0.3, 0.4) is 0 Å². The Morgan fingerprint density at radius 1 is 1.58 bits per heavy atom. The van der Waals surface area contributed by atoms with Gasteiger partial charge in [0.05, 0.1) is 12.3 Å². The molecular formula is C14H21N3O2. The van der Waals surface area contributed by atoms with Crippen molar-refractivity contribution >= 4 is 12.0 Å². The predicted octanol–water partition coefficient (Wildman–Crippen LogP) is 0.971. The summed E-state index contributed by atoms with van der Waals surface area (Å²) in [5.74, 6) is 0.225. The average Bonchev–Trinajstić information content (AvgIpc) is 2.70. The Bertz CT molecular complexity index is 493. The van der Waals surface area contributed by atoms with E-state index in [1.807, 2.05) is 20.9 Å². The molecule has 1 aromatic heterocycles. The van der Waals surface area contributed by atoms with E-state index in [4.69, 9.17) is 0 Å². The third-order valence-corrected chi connectivity index (χ3v) is 3.91. The van der Waals surface area contributed by atoms with Crippen molar-refractivity contribution in [1.29, 1.82) is 0 Å². The highest BCUT2D eigenvalue weighted by Crippen LogP contribution is 2.17. The molecule has 0 bridgehead atoms. The van der Waals surface area contributed by atoms with Crippen LogP contribution in [0.1, 0.15) is 24.6 Å². The highest BCUT2D eigenvalue weighted by molar-refractivity contribution is 5.92. The maximum Gasteiger partial charge on any atom is 0.246 e. The number of aliphatic hydroxyl groups excluding tert-OH is 1. The molecule has 1 aliphatic rings. The number of likely N-dealkylation sites (tertiary alicyclic amines) is 1. The van der Waals surface area contributed by atoms with E-state index in [0.29, 0.717) is 13.1 Å². The number of nitrogens with zero attached hydrogens (tertiary/aromatic N) is 3. The van der Waals surface area contributed by atoms with Crippen LogP contribution >= 0.6 is 0 Å². The summed E-state index contributed by atoms with van der Waals surface area (Å²) in [4.78, 5) is 13.7. The normalized spacial score (nSPS) is 24.1. The lowest BCUT2D eigenvalue weighted by Crippen LogP contribution is -2.45. The smallest absolute Gasteiger partial charge is 0.246 e. The molecule has 1 aromatic rings. The minimum Gasteiger partial charge on any atom is -0.391 e. The molecule has 1 amide bonds. The summed E-state index contributed by atoms with van der Waals surface area (Å²) in [7, 11) is 1.87. The van der Waals surface area contributed by atoms with Crippen LogP contribution in [-0.4, -0.2) is 44.9 Å². The molecule has 0 radical (unpaired) electrons. The highest BCUT2D eigenvalue weighted by atomic mass is 16.3. The van der Waals surface area contributed by atoms with E-state index in [-0.39, 0.29) is 11.8 Å². The molecule has 0 saturated carbocycles. The number of aryl methyl sites for hydroxylation is 1. The molecule has 5 nitrogen and oxygen atoms in total. The lowest BCUT2D eigenvalue weighted by molar-refractivity contribution is -0.130. The molecular weight excluding hydrogens is 242 g/mol. The summed E-state index contributed by atoms with van der Waals surface area (Å²) in [6.45, 7) is 5.12. The molecule has 1 N–H and O–H groups in total. The molecule has 5 heteroatoms. The minimum absolute atomic E-state index is 0.0470. The Morgan fingerprint density at radius 3 is 2.89 bits per heavy atom. The van der Waals surface area contributed by atoms with Gasteiger partial charge in [-0.2, -0.15) is 5.10 Å². The molecule has 1 aliphatic heterocycles. The number of piperidine rings is 1. The van der Waals surface area contributed by atoms with Gasteiger partial charge in [-0.3, -0.25) is 9.48 Å². The van der Waals surface area contributed by atoms with Gasteiger partial charge in [-0.25, -0.2) is 0 Å². The van der Waals surface area contributed by atoms with E-state index in [1.54, 1.807) is 27.9 Å². The highest BCUT2D eigenvalue weighted by Gasteiger charge is 2.26. The van der Waals surface area contributed by atoms with Crippen LogP contribution in [-0.2, 0) is 11.8 Å².